The molecule has 4 fully saturated rings. The van der Waals surface area contributed by atoms with Crippen molar-refractivity contribution in [2.24, 2.45) is 23.2 Å². The monoisotopic (exact) mass is 565 g/mol. The molecule has 1 unspecified atom stereocenters. The zero-order valence-electron chi connectivity index (χ0n) is 23.6. The lowest BCUT2D eigenvalue weighted by Crippen LogP contribution is -2.57. The van der Waals surface area contributed by atoms with E-state index in [0.29, 0.717) is 38.3 Å². The van der Waals surface area contributed by atoms with E-state index in [1.54, 1.807) is 0 Å². The molecule has 0 aromatic heterocycles. The van der Waals surface area contributed by atoms with Crippen molar-refractivity contribution in [3.8, 4) is 0 Å². The second-order valence-corrected chi connectivity index (χ2v) is 12.3. The van der Waals surface area contributed by atoms with Gasteiger partial charge >= 0.3 is 0 Å². The van der Waals surface area contributed by atoms with E-state index in [4.69, 9.17) is 0 Å². The van der Waals surface area contributed by atoms with Gasteiger partial charge in [0.2, 0.25) is 29.4 Å². The number of benzene rings is 1. The van der Waals surface area contributed by atoms with E-state index in [-0.39, 0.29) is 42.0 Å². The number of likely N-dealkylation sites (tertiary alicyclic amines) is 1. The Labute approximate surface area is 239 Å². The minimum atomic E-state index is -1.22. The van der Waals surface area contributed by atoms with Gasteiger partial charge in [0, 0.05) is 25.6 Å². The third kappa shape index (κ3) is 6.13. The first-order valence-electron chi connectivity index (χ1n) is 14.7. The van der Waals surface area contributed by atoms with Crippen molar-refractivity contribution in [2.75, 3.05) is 13.1 Å². The fourth-order valence-corrected chi connectivity index (χ4v) is 6.03. The fraction of sp³-hybridized carbons (Fsp3) is 0.600. The van der Waals surface area contributed by atoms with Gasteiger partial charge in [-0.25, -0.2) is 0 Å². The number of rotatable bonds is 12. The molecule has 0 radical (unpaired) electrons. The molecular weight excluding hydrogens is 526 g/mol. The van der Waals surface area contributed by atoms with E-state index in [9.17, 15) is 28.8 Å². The zero-order valence-corrected chi connectivity index (χ0v) is 23.6. The van der Waals surface area contributed by atoms with Gasteiger partial charge in [0.15, 0.2) is 0 Å². The van der Waals surface area contributed by atoms with Gasteiger partial charge in [0.1, 0.15) is 12.1 Å². The Morgan fingerprint density at radius 1 is 1.05 bits per heavy atom. The highest BCUT2D eigenvalue weighted by atomic mass is 16.2. The van der Waals surface area contributed by atoms with Crippen molar-refractivity contribution in [3.63, 3.8) is 0 Å². The van der Waals surface area contributed by atoms with E-state index < -0.39 is 41.6 Å². The Morgan fingerprint density at radius 2 is 1.76 bits per heavy atom. The van der Waals surface area contributed by atoms with E-state index in [2.05, 4.69) is 21.3 Å². The molecule has 4 atom stereocenters. The van der Waals surface area contributed by atoms with Crippen LogP contribution in [0.3, 0.4) is 0 Å². The maximum Gasteiger partial charge on any atom is 0.289 e. The summed E-state index contributed by atoms with van der Waals surface area (Å²) in [6.07, 6.45) is 3.23. The van der Waals surface area contributed by atoms with Gasteiger partial charge in [-0.1, -0.05) is 44.2 Å². The predicted molar refractivity (Wildman–Crippen MR) is 148 cm³/mol. The summed E-state index contributed by atoms with van der Waals surface area (Å²) in [6, 6.07) is 6.32. The maximum atomic E-state index is 13.6. The van der Waals surface area contributed by atoms with E-state index in [1.807, 2.05) is 44.2 Å². The van der Waals surface area contributed by atoms with Crippen molar-refractivity contribution in [2.45, 2.75) is 77.0 Å². The molecule has 2 saturated carbocycles. The number of carbonyl (C=O) groups is 6. The molecular formula is C30H39N5O6. The molecule has 41 heavy (non-hydrogen) atoms. The Kier molecular flexibility index (Phi) is 8.15. The minimum absolute atomic E-state index is 0.0102. The molecule has 5 amide bonds. The number of hydrogen-bond acceptors (Lipinski definition) is 6. The molecule has 0 spiro atoms. The Hall–Kier alpha value is -3.76. The maximum absolute atomic E-state index is 13.6. The molecule has 4 N–H and O–H groups in total. The van der Waals surface area contributed by atoms with Crippen LogP contribution >= 0.6 is 0 Å². The summed E-state index contributed by atoms with van der Waals surface area (Å²) < 4.78 is 0. The lowest BCUT2D eigenvalue weighted by molar-refractivity contribution is -0.144. The van der Waals surface area contributed by atoms with Gasteiger partial charge in [-0.05, 0) is 55.9 Å². The van der Waals surface area contributed by atoms with Crippen molar-refractivity contribution < 1.29 is 28.8 Å². The second-order valence-electron chi connectivity index (χ2n) is 12.3. The molecule has 2 saturated heterocycles. The topological polar surface area (TPSA) is 154 Å². The van der Waals surface area contributed by atoms with Crippen molar-refractivity contribution >= 4 is 35.3 Å². The highest BCUT2D eigenvalue weighted by Gasteiger charge is 2.74. The van der Waals surface area contributed by atoms with Crippen LogP contribution in [0.1, 0.15) is 57.9 Å². The van der Waals surface area contributed by atoms with Crippen LogP contribution in [0.15, 0.2) is 30.3 Å². The number of Topliss-reactive ketones (excluding diaryl/α,β-unsaturated/α-hetero) is 1. The summed E-state index contributed by atoms with van der Waals surface area (Å²) in [7, 11) is 0. The van der Waals surface area contributed by atoms with Crippen LogP contribution in [-0.4, -0.2) is 71.4 Å². The molecule has 2 aliphatic carbocycles. The first kappa shape index (κ1) is 28.8. The van der Waals surface area contributed by atoms with Gasteiger partial charge in [-0.15, -0.1) is 0 Å². The van der Waals surface area contributed by atoms with Crippen LogP contribution in [0.2, 0.25) is 0 Å². The fourth-order valence-electron chi connectivity index (χ4n) is 6.03. The highest BCUT2D eigenvalue weighted by molar-refractivity contribution is 6.38. The molecule has 11 heteroatoms. The average Bonchev–Trinajstić information content (AvgIpc) is 3.70. The first-order chi connectivity index (χ1) is 19.6. The van der Waals surface area contributed by atoms with Crippen LogP contribution in [-0.2, 0) is 35.3 Å². The third-order valence-corrected chi connectivity index (χ3v) is 9.03. The van der Waals surface area contributed by atoms with Crippen LogP contribution in [0.4, 0.5) is 0 Å². The number of carbonyl (C=O) groups excluding carboxylic acids is 6. The number of nitrogens with zero attached hydrogens (tertiary/aromatic N) is 1. The Bertz CT molecular complexity index is 1230. The van der Waals surface area contributed by atoms with Crippen molar-refractivity contribution in [1.29, 1.82) is 0 Å². The molecule has 11 nitrogen and oxygen atoms in total. The highest BCUT2D eigenvalue weighted by Crippen LogP contribution is 2.75. The SMILES string of the molecule is CC(C)C(NC(=O)C12CC1C2)C(=O)N1CCC[C@H]1C(=O)N[C@@H](C[C@@H]1CCNC1=O)C(=O)C(=O)NCc1ccccc1. The second kappa shape index (κ2) is 11.6. The lowest BCUT2D eigenvalue weighted by Gasteiger charge is -2.31. The molecule has 0 bridgehead atoms. The van der Waals surface area contributed by atoms with Gasteiger partial charge in [-0.3, -0.25) is 28.8 Å². The lowest BCUT2D eigenvalue weighted by atomic mass is 9.95. The molecule has 1 aromatic carbocycles. The zero-order chi connectivity index (χ0) is 29.3. The third-order valence-electron chi connectivity index (χ3n) is 9.03. The summed E-state index contributed by atoms with van der Waals surface area (Å²) in [4.78, 5) is 79.8. The van der Waals surface area contributed by atoms with Gasteiger partial charge in [0.25, 0.3) is 5.91 Å². The van der Waals surface area contributed by atoms with E-state index in [0.717, 1.165) is 18.4 Å². The summed E-state index contributed by atoms with van der Waals surface area (Å²) in [5.41, 5.74) is 0.533. The minimum Gasteiger partial charge on any atom is -0.356 e. The number of nitrogens with one attached hydrogen (secondary N) is 4. The van der Waals surface area contributed by atoms with Gasteiger partial charge < -0.3 is 26.2 Å². The molecule has 1 aromatic rings. The summed E-state index contributed by atoms with van der Waals surface area (Å²) in [5.74, 6) is -3.10. The van der Waals surface area contributed by atoms with E-state index in [1.165, 1.54) is 4.90 Å². The largest absolute Gasteiger partial charge is 0.356 e. The standard InChI is InChI=1S/C30H39N5O6/c1-17(2)23(34-29(41)30-14-20(30)15-30)28(40)35-12-6-9-22(35)26(38)33-21(13-19-10-11-31-25(19)37)24(36)27(39)32-16-18-7-4-3-5-8-18/h3-5,7-8,17,19-23H,6,9-16H2,1-2H3,(H,31,37)(H,32,39)(H,33,38)(H,34,41)/t19-,20?,21-,22-,23?,30?/m0/s1. The quantitative estimate of drug-likeness (QED) is 0.270. The van der Waals surface area contributed by atoms with Crippen LogP contribution in [0.5, 0.6) is 0 Å². The average molecular weight is 566 g/mol. The number of hydrogen-bond donors (Lipinski definition) is 4. The molecule has 4 aliphatic rings. The summed E-state index contributed by atoms with van der Waals surface area (Å²) in [5, 5.41) is 11.0. The van der Waals surface area contributed by atoms with Gasteiger partial charge in [-0.2, -0.15) is 0 Å². The smallest absolute Gasteiger partial charge is 0.289 e. The molecule has 5 rings (SSSR count). The van der Waals surface area contributed by atoms with Crippen LogP contribution in [0.25, 0.3) is 0 Å². The summed E-state index contributed by atoms with van der Waals surface area (Å²) >= 11 is 0. The van der Waals surface area contributed by atoms with Crippen molar-refractivity contribution in [3.05, 3.63) is 35.9 Å². The predicted octanol–water partition coefficient (Wildman–Crippen LogP) is 0.425. The van der Waals surface area contributed by atoms with Gasteiger partial charge in [0.05, 0.1) is 11.5 Å². The first-order valence-corrected chi connectivity index (χ1v) is 14.7. The number of ketones is 1. The molecule has 2 aliphatic heterocycles. The normalized spacial score (nSPS) is 27.3. The van der Waals surface area contributed by atoms with E-state index >= 15 is 0 Å². The Balaban J connectivity index is 1.25. The van der Waals surface area contributed by atoms with Crippen LogP contribution in [0, 0.1) is 23.2 Å². The number of amides is 5. The molecule has 2 heterocycles. The number of fused-ring (bicyclic) bond motifs is 1. The van der Waals surface area contributed by atoms with Crippen molar-refractivity contribution in [1.82, 2.24) is 26.2 Å². The molecule has 220 valence electrons. The van der Waals surface area contributed by atoms with Crippen LogP contribution < -0.4 is 21.3 Å². The Morgan fingerprint density at radius 3 is 2.37 bits per heavy atom. The summed E-state index contributed by atoms with van der Waals surface area (Å²) in [6.45, 7) is 4.68.